The Bertz CT molecular complexity index is 498. The van der Waals surface area contributed by atoms with Gasteiger partial charge < -0.3 is 10.1 Å². The number of ether oxygens (including phenoxy) is 1. The Balaban J connectivity index is 1.77. The molecule has 4 nitrogen and oxygen atoms in total. The predicted octanol–water partition coefficient (Wildman–Crippen LogP) is 1.83. The number of morpholine rings is 1. The third-order valence-electron chi connectivity index (χ3n) is 3.50. The van der Waals surface area contributed by atoms with Crippen LogP contribution in [0.15, 0.2) is 29.2 Å². The van der Waals surface area contributed by atoms with Crippen molar-refractivity contribution in [2.75, 3.05) is 19.8 Å². The summed E-state index contributed by atoms with van der Waals surface area (Å²) in [4.78, 5) is 14.4. The summed E-state index contributed by atoms with van der Waals surface area (Å²) in [5, 5.41) is 2.92. The van der Waals surface area contributed by atoms with E-state index in [9.17, 15) is 13.6 Å². The third-order valence-corrected chi connectivity index (χ3v) is 4.23. The number of halogens is 2. The fourth-order valence-electron chi connectivity index (χ4n) is 2.57. The number of alkyl halides is 2. The Kier molecular flexibility index (Phi) is 3.91. The quantitative estimate of drug-likeness (QED) is 0.865. The molecule has 108 valence electrons. The van der Waals surface area contributed by atoms with Crippen molar-refractivity contribution in [2.24, 2.45) is 0 Å². The van der Waals surface area contributed by atoms with Crippen LogP contribution in [0.4, 0.5) is 8.78 Å². The zero-order valence-electron chi connectivity index (χ0n) is 10.6. The number of nitrogens with zero attached hydrogens (tertiary/aromatic N) is 1. The lowest BCUT2D eigenvalue weighted by Gasteiger charge is -2.31. The number of carbonyl (C=O) groups is 1. The van der Waals surface area contributed by atoms with Crippen molar-refractivity contribution in [3.63, 3.8) is 0 Å². The second kappa shape index (κ2) is 5.67. The first-order chi connectivity index (χ1) is 9.65. The van der Waals surface area contributed by atoms with E-state index in [-0.39, 0.29) is 18.1 Å². The summed E-state index contributed by atoms with van der Waals surface area (Å²) in [6, 6.07) is 6.64. The van der Waals surface area contributed by atoms with Crippen molar-refractivity contribution < 1.29 is 18.3 Å². The average Bonchev–Trinajstić information content (AvgIpc) is 2.77. The molecule has 0 saturated carbocycles. The monoisotopic (exact) mass is 300 g/mol. The second-order valence-electron chi connectivity index (χ2n) is 4.69. The number of nitrogens with one attached hydrogen (secondary N) is 1. The van der Waals surface area contributed by atoms with E-state index < -0.39 is 5.76 Å². The highest BCUT2D eigenvalue weighted by Gasteiger charge is 2.42. The Morgan fingerprint density at radius 1 is 1.35 bits per heavy atom. The van der Waals surface area contributed by atoms with Crippen LogP contribution in [0.2, 0.25) is 0 Å². The fourth-order valence-corrected chi connectivity index (χ4v) is 3.07. The van der Waals surface area contributed by atoms with Gasteiger partial charge in [-0.25, -0.2) is 0 Å². The molecule has 0 radical (unpaired) electrons. The predicted molar refractivity (Wildman–Crippen MR) is 70.5 cm³/mol. The molecule has 1 N–H and O–H groups in total. The van der Waals surface area contributed by atoms with Gasteiger partial charge in [0.15, 0.2) is 0 Å². The normalized spacial score (nSPS) is 26.6. The standard InChI is InChI=1S/C13H14F2N2O2S/c14-13(15)20-9-3-1-8(2-4-9)11-16-12(18)10-7-19-6-5-17(10)11/h1-4,10-11,13H,5-7H2,(H,16,18)/t10-,11+/m1/s1. The highest BCUT2D eigenvalue weighted by molar-refractivity contribution is 7.99. The van der Waals surface area contributed by atoms with Crippen LogP contribution in [0.5, 0.6) is 0 Å². The van der Waals surface area contributed by atoms with Gasteiger partial charge >= 0.3 is 0 Å². The molecule has 1 aromatic carbocycles. The molecular formula is C13H14F2N2O2S. The number of hydrogen-bond acceptors (Lipinski definition) is 4. The van der Waals surface area contributed by atoms with E-state index in [0.717, 1.165) is 5.56 Å². The number of hydrogen-bond donors (Lipinski definition) is 1. The van der Waals surface area contributed by atoms with Crippen LogP contribution in [0.25, 0.3) is 0 Å². The van der Waals surface area contributed by atoms with Gasteiger partial charge in [-0.1, -0.05) is 23.9 Å². The van der Waals surface area contributed by atoms with Crippen molar-refractivity contribution in [3.8, 4) is 0 Å². The number of amides is 1. The zero-order chi connectivity index (χ0) is 14.1. The maximum atomic E-state index is 12.3. The van der Waals surface area contributed by atoms with E-state index in [1.807, 2.05) is 0 Å². The summed E-state index contributed by atoms with van der Waals surface area (Å²) in [7, 11) is 0. The van der Waals surface area contributed by atoms with Gasteiger partial charge in [-0.3, -0.25) is 9.69 Å². The lowest BCUT2D eigenvalue weighted by molar-refractivity contribution is -0.125. The first kappa shape index (κ1) is 13.8. The molecule has 7 heteroatoms. The highest BCUT2D eigenvalue weighted by atomic mass is 32.2. The Hall–Kier alpha value is -1.18. The minimum Gasteiger partial charge on any atom is -0.378 e. The maximum absolute atomic E-state index is 12.3. The van der Waals surface area contributed by atoms with Gasteiger partial charge in [-0.05, 0) is 17.7 Å². The van der Waals surface area contributed by atoms with Gasteiger partial charge in [-0.15, -0.1) is 0 Å². The number of benzene rings is 1. The van der Waals surface area contributed by atoms with Crippen molar-refractivity contribution in [1.82, 2.24) is 10.2 Å². The molecule has 2 aliphatic rings. The van der Waals surface area contributed by atoms with Crippen LogP contribution in [-0.2, 0) is 9.53 Å². The third kappa shape index (κ3) is 2.65. The smallest absolute Gasteiger partial charge is 0.288 e. The van der Waals surface area contributed by atoms with Crippen molar-refractivity contribution in [1.29, 1.82) is 0 Å². The largest absolute Gasteiger partial charge is 0.378 e. The minimum atomic E-state index is -2.42. The molecular weight excluding hydrogens is 286 g/mol. The van der Waals surface area contributed by atoms with Crippen LogP contribution in [0.1, 0.15) is 11.7 Å². The van der Waals surface area contributed by atoms with E-state index in [1.165, 1.54) is 0 Å². The summed E-state index contributed by atoms with van der Waals surface area (Å²) in [5.74, 6) is -2.46. The molecule has 0 aromatic heterocycles. The van der Waals surface area contributed by atoms with Crippen LogP contribution < -0.4 is 5.32 Å². The summed E-state index contributed by atoms with van der Waals surface area (Å²) >= 11 is 0.519. The van der Waals surface area contributed by atoms with Crippen LogP contribution in [-0.4, -0.2) is 42.4 Å². The molecule has 0 spiro atoms. The van der Waals surface area contributed by atoms with E-state index in [2.05, 4.69) is 10.2 Å². The molecule has 20 heavy (non-hydrogen) atoms. The SMILES string of the molecule is O=C1N[C@H](c2ccc(SC(F)F)cc2)N2CCOC[C@H]12. The molecule has 1 aromatic rings. The lowest BCUT2D eigenvalue weighted by atomic mass is 10.1. The molecule has 0 unspecified atom stereocenters. The summed E-state index contributed by atoms with van der Waals surface area (Å²) in [6.45, 7) is 1.69. The Labute approximate surface area is 119 Å². The van der Waals surface area contributed by atoms with Gasteiger partial charge in [0.05, 0.1) is 13.2 Å². The van der Waals surface area contributed by atoms with Crippen LogP contribution in [0.3, 0.4) is 0 Å². The van der Waals surface area contributed by atoms with Crippen molar-refractivity contribution >= 4 is 17.7 Å². The molecule has 3 rings (SSSR count). The number of thioether (sulfide) groups is 1. The molecule has 0 aliphatic carbocycles. The molecule has 2 saturated heterocycles. The molecule has 2 aliphatic heterocycles. The van der Waals surface area contributed by atoms with Gasteiger partial charge in [-0.2, -0.15) is 8.78 Å². The maximum Gasteiger partial charge on any atom is 0.288 e. The van der Waals surface area contributed by atoms with E-state index in [0.29, 0.717) is 36.4 Å². The molecule has 2 heterocycles. The van der Waals surface area contributed by atoms with Gasteiger partial charge in [0, 0.05) is 11.4 Å². The topological polar surface area (TPSA) is 41.6 Å². The fraction of sp³-hybridized carbons (Fsp3) is 0.462. The molecule has 2 fully saturated rings. The van der Waals surface area contributed by atoms with Crippen LogP contribution in [0, 0.1) is 0 Å². The Morgan fingerprint density at radius 3 is 2.80 bits per heavy atom. The number of carbonyl (C=O) groups excluding carboxylic acids is 1. The zero-order valence-corrected chi connectivity index (χ0v) is 11.4. The molecule has 0 bridgehead atoms. The molecule has 1 amide bonds. The van der Waals surface area contributed by atoms with Crippen molar-refractivity contribution in [2.45, 2.75) is 22.9 Å². The summed E-state index contributed by atoms with van der Waals surface area (Å²) in [5.41, 5.74) is 0.904. The Morgan fingerprint density at radius 2 is 2.10 bits per heavy atom. The van der Waals surface area contributed by atoms with Crippen molar-refractivity contribution in [3.05, 3.63) is 29.8 Å². The first-order valence-electron chi connectivity index (χ1n) is 6.34. The summed E-state index contributed by atoms with van der Waals surface area (Å²) in [6.07, 6.45) is -0.193. The van der Waals surface area contributed by atoms with Gasteiger partial charge in [0.1, 0.15) is 12.2 Å². The summed E-state index contributed by atoms with van der Waals surface area (Å²) < 4.78 is 29.9. The van der Waals surface area contributed by atoms with E-state index in [1.54, 1.807) is 24.3 Å². The number of fused-ring (bicyclic) bond motifs is 1. The van der Waals surface area contributed by atoms with Gasteiger partial charge in [0.2, 0.25) is 5.91 Å². The van der Waals surface area contributed by atoms with E-state index in [4.69, 9.17) is 4.74 Å². The number of rotatable bonds is 3. The first-order valence-corrected chi connectivity index (χ1v) is 7.22. The lowest BCUT2D eigenvalue weighted by Crippen LogP contribution is -2.44. The molecule has 2 atom stereocenters. The highest BCUT2D eigenvalue weighted by Crippen LogP contribution is 2.30. The average molecular weight is 300 g/mol. The second-order valence-corrected chi connectivity index (χ2v) is 5.75. The van der Waals surface area contributed by atoms with E-state index >= 15 is 0 Å². The van der Waals surface area contributed by atoms with Crippen LogP contribution >= 0.6 is 11.8 Å². The minimum absolute atomic E-state index is 0.0410. The van der Waals surface area contributed by atoms with Gasteiger partial charge in [0.25, 0.3) is 5.76 Å².